The Morgan fingerprint density at radius 3 is 1.31 bits per heavy atom. The molecular formula is C31H30N4O8S2. The Balaban J connectivity index is 1.03. The molecule has 7 rings (SSSR count). The highest BCUT2D eigenvalue weighted by molar-refractivity contribution is 7.89. The molecule has 0 bridgehead atoms. The average molecular weight is 651 g/mol. The van der Waals surface area contributed by atoms with Gasteiger partial charge in [-0.1, -0.05) is 12.1 Å². The van der Waals surface area contributed by atoms with Crippen LogP contribution >= 0.6 is 0 Å². The van der Waals surface area contributed by atoms with Crippen LogP contribution in [0.2, 0.25) is 0 Å². The van der Waals surface area contributed by atoms with E-state index in [0.717, 1.165) is 22.3 Å². The monoisotopic (exact) mass is 650 g/mol. The third-order valence-electron chi connectivity index (χ3n) is 8.62. The van der Waals surface area contributed by atoms with Gasteiger partial charge in [0.05, 0.1) is 22.3 Å². The fraction of sp³-hybridized carbons (Fsp3) is 0.290. The molecule has 12 nitrogen and oxygen atoms in total. The Hall–Kier alpha value is -4.24. The summed E-state index contributed by atoms with van der Waals surface area (Å²) in [6.45, 7) is 1.67. The fourth-order valence-corrected chi connectivity index (χ4v) is 9.10. The summed E-state index contributed by atoms with van der Waals surface area (Å²) in [4.78, 5) is 28.6. The first kappa shape index (κ1) is 29.5. The number of nitrogens with zero attached hydrogens (tertiary/aromatic N) is 4. The number of fused-ring (bicyclic) bond motifs is 3. The Kier molecular flexibility index (Phi) is 7.39. The lowest BCUT2D eigenvalue weighted by Crippen LogP contribution is -2.50. The second-order valence-electron chi connectivity index (χ2n) is 11.2. The first-order valence-electron chi connectivity index (χ1n) is 14.5. The molecule has 2 saturated heterocycles. The van der Waals surface area contributed by atoms with Gasteiger partial charge < -0.3 is 18.6 Å². The van der Waals surface area contributed by atoms with Gasteiger partial charge in [0, 0.05) is 52.4 Å². The summed E-state index contributed by atoms with van der Waals surface area (Å²) in [6, 6.07) is 16.5. The molecule has 0 radical (unpaired) electrons. The molecule has 2 fully saturated rings. The molecule has 0 N–H and O–H groups in total. The largest absolute Gasteiger partial charge is 0.459 e. The van der Waals surface area contributed by atoms with Crippen LogP contribution in [-0.2, 0) is 26.5 Å². The van der Waals surface area contributed by atoms with Crippen molar-refractivity contribution in [2.75, 3.05) is 52.4 Å². The van der Waals surface area contributed by atoms with Gasteiger partial charge >= 0.3 is 0 Å². The summed E-state index contributed by atoms with van der Waals surface area (Å²) < 4.78 is 67.3. The maximum absolute atomic E-state index is 13.5. The van der Waals surface area contributed by atoms with Crippen LogP contribution in [0.1, 0.15) is 32.2 Å². The second-order valence-corrected chi connectivity index (χ2v) is 15.0. The lowest BCUT2D eigenvalue weighted by molar-refractivity contribution is 0.0660. The molecule has 1 aliphatic carbocycles. The number of hydrogen-bond donors (Lipinski definition) is 0. The van der Waals surface area contributed by atoms with E-state index in [1.165, 1.54) is 21.1 Å². The summed E-state index contributed by atoms with van der Waals surface area (Å²) in [5.41, 5.74) is 3.34. The van der Waals surface area contributed by atoms with E-state index in [2.05, 4.69) is 0 Å². The van der Waals surface area contributed by atoms with E-state index in [1.54, 1.807) is 70.5 Å². The average Bonchev–Trinajstić information content (AvgIpc) is 3.85. The lowest BCUT2D eigenvalue weighted by Gasteiger charge is -2.33. The van der Waals surface area contributed by atoms with Crippen molar-refractivity contribution in [1.29, 1.82) is 0 Å². The molecule has 45 heavy (non-hydrogen) atoms. The predicted molar refractivity (Wildman–Crippen MR) is 161 cm³/mol. The van der Waals surface area contributed by atoms with E-state index < -0.39 is 20.0 Å². The summed E-state index contributed by atoms with van der Waals surface area (Å²) >= 11 is 0. The Bertz CT molecular complexity index is 1830. The van der Waals surface area contributed by atoms with Gasteiger partial charge in [0.2, 0.25) is 20.0 Å². The molecule has 2 aromatic carbocycles. The number of carbonyl (C=O) groups is 2. The number of furan rings is 2. The number of rotatable bonds is 6. The first-order chi connectivity index (χ1) is 21.6. The van der Waals surface area contributed by atoms with Crippen molar-refractivity contribution in [2.45, 2.75) is 16.2 Å². The molecule has 0 spiro atoms. The summed E-state index contributed by atoms with van der Waals surface area (Å²) in [5.74, 6) is -0.0893. The molecule has 2 amide bonds. The number of hydrogen-bond acceptors (Lipinski definition) is 8. The number of carbonyl (C=O) groups excluding carboxylic acids is 2. The van der Waals surface area contributed by atoms with E-state index in [-0.39, 0.29) is 85.5 Å². The van der Waals surface area contributed by atoms with Crippen LogP contribution in [0.25, 0.3) is 11.1 Å². The Labute approximate surface area is 260 Å². The maximum atomic E-state index is 13.5. The SMILES string of the molecule is O=C(c1ccco1)N1CCN(S(=O)(=O)c2ccc3c(c2)Cc2cc(S(=O)(=O)N4CCN(C(=O)c5ccco5)CC4)ccc2-3)CC1. The highest BCUT2D eigenvalue weighted by Crippen LogP contribution is 2.39. The van der Waals surface area contributed by atoms with Crippen LogP contribution in [0.5, 0.6) is 0 Å². The number of benzene rings is 2. The van der Waals surface area contributed by atoms with Crippen LogP contribution in [0.4, 0.5) is 0 Å². The molecule has 4 aromatic rings. The summed E-state index contributed by atoms with van der Waals surface area (Å²) in [6.07, 6.45) is 3.25. The first-order valence-corrected chi connectivity index (χ1v) is 17.4. The zero-order valence-corrected chi connectivity index (χ0v) is 25.8. The van der Waals surface area contributed by atoms with Gasteiger partial charge in [-0.25, -0.2) is 16.8 Å². The number of sulfonamides is 2. The van der Waals surface area contributed by atoms with Crippen molar-refractivity contribution in [1.82, 2.24) is 18.4 Å². The number of piperazine rings is 2. The predicted octanol–water partition coefficient (Wildman–Crippen LogP) is 2.74. The molecule has 14 heteroatoms. The third kappa shape index (κ3) is 5.27. The van der Waals surface area contributed by atoms with Crippen molar-refractivity contribution < 1.29 is 35.3 Å². The highest BCUT2D eigenvalue weighted by Gasteiger charge is 2.34. The van der Waals surface area contributed by atoms with E-state index in [0.29, 0.717) is 6.42 Å². The molecule has 4 heterocycles. The van der Waals surface area contributed by atoms with Gasteiger partial charge in [-0.2, -0.15) is 8.61 Å². The van der Waals surface area contributed by atoms with Gasteiger partial charge in [0.15, 0.2) is 11.5 Å². The molecule has 3 aliphatic rings. The normalized spacial score (nSPS) is 17.7. The molecule has 2 aliphatic heterocycles. The van der Waals surface area contributed by atoms with Crippen molar-refractivity contribution in [2.24, 2.45) is 0 Å². The molecule has 2 aromatic heterocycles. The standard InChI is InChI=1S/C31H30N4O8S2/c36-30(28-3-1-17-42-28)32-9-13-34(14-10-32)44(38,39)24-5-7-26-22(20-24)19-23-21-25(6-8-27(23)26)45(40,41)35-15-11-33(12-16-35)31(37)29-4-2-18-43-29/h1-8,17-18,20-21H,9-16,19H2. The topological polar surface area (TPSA) is 142 Å². The zero-order valence-electron chi connectivity index (χ0n) is 24.2. The Morgan fingerprint density at radius 1 is 0.556 bits per heavy atom. The molecule has 0 atom stereocenters. The maximum Gasteiger partial charge on any atom is 0.289 e. The van der Waals surface area contributed by atoms with E-state index in [9.17, 15) is 26.4 Å². The van der Waals surface area contributed by atoms with Gasteiger partial charge in [-0.15, -0.1) is 0 Å². The smallest absolute Gasteiger partial charge is 0.289 e. The van der Waals surface area contributed by atoms with Gasteiger partial charge in [0.25, 0.3) is 11.8 Å². The second kappa shape index (κ2) is 11.3. The van der Waals surface area contributed by atoms with Gasteiger partial charge in [0.1, 0.15) is 0 Å². The minimum atomic E-state index is -3.81. The van der Waals surface area contributed by atoms with E-state index in [1.807, 2.05) is 0 Å². The number of amides is 2. The highest BCUT2D eigenvalue weighted by atomic mass is 32.2. The summed E-state index contributed by atoms with van der Waals surface area (Å²) in [7, 11) is -7.62. The minimum absolute atomic E-state index is 0.162. The van der Waals surface area contributed by atoms with Gasteiger partial charge in [-0.3, -0.25) is 9.59 Å². The van der Waals surface area contributed by atoms with Crippen molar-refractivity contribution in [3.05, 3.63) is 95.8 Å². The van der Waals surface area contributed by atoms with Gasteiger partial charge in [-0.05, 0) is 77.2 Å². The van der Waals surface area contributed by atoms with Crippen molar-refractivity contribution >= 4 is 31.9 Å². The Morgan fingerprint density at radius 2 is 0.956 bits per heavy atom. The van der Waals surface area contributed by atoms with Crippen molar-refractivity contribution in [3.8, 4) is 11.1 Å². The molecular weight excluding hydrogens is 620 g/mol. The van der Waals surface area contributed by atoms with Crippen LogP contribution in [0.15, 0.2) is 91.8 Å². The van der Waals surface area contributed by atoms with Crippen LogP contribution < -0.4 is 0 Å². The van der Waals surface area contributed by atoms with Crippen molar-refractivity contribution in [3.63, 3.8) is 0 Å². The summed E-state index contributed by atoms with van der Waals surface area (Å²) in [5, 5.41) is 0. The fourth-order valence-electron chi connectivity index (χ4n) is 6.16. The lowest BCUT2D eigenvalue weighted by atomic mass is 10.1. The van der Waals surface area contributed by atoms with Crippen LogP contribution in [-0.4, -0.2) is 99.4 Å². The molecule has 0 saturated carbocycles. The van der Waals surface area contributed by atoms with Crippen LogP contribution in [0, 0.1) is 0 Å². The van der Waals surface area contributed by atoms with E-state index >= 15 is 0 Å². The van der Waals surface area contributed by atoms with Crippen LogP contribution in [0.3, 0.4) is 0 Å². The minimum Gasteiger partial charge on any atom is -0.459 e. The zero-order chi connectivity index (χ0) is 31.3. The molecule has 234 valence electrons. The third-order valence-corrected chi connectivity index (χ3v) is 12.4. The quantitative estimate of drug-likeness (QED) is 0.273. The van der Waals surface area contributed by atoms with E-state index in [4.69, 9.17) is 8.83 Å². The molecule has 0 unspecified atom stereocenters.